The lowest BCUT2D eigenvalue weighted by Crippen LogP contribution is -2.36. The molecule has 2 aromatic rings. The Bertz CT molecular complexity index is 823. The average molecular weight is 422 g/mol. The highest BCUT2D eigenvalue weighted by molar-refractivity contribution is 7.14. The summed E-state index contributed by atoms with van der Waals surface area (Å²) >= 11 is 1.27. The average Bonchev–Trinajstić information content (AvgIpc) is 3.12. The van der Waals surface area contributed by atoms with Gasteiger partial charge in [0.05, 0.1) is 25.4 Å². The highest BCUT2D eigenvalue weighted by Crippen LogP contribution is 2.39. The molecule has 0 spiro atoms. The van der Waals surface area contributed by atoms with Crippen molar-refractivity contribution in [2.45, 2.75) is 20.8 Å². The van der Waals surface area contributed by atoms with Gasteiger partial charge in [-0.15, -0.1) is 11.3 Å². The van der Waals surface area contributed by atoms with E-state index in [9.17, 15) is 9.59 Å². The molecule has 9 heteroatoms. The van der Waals surface area contributed by atoms with E-state index in [1.165, 1.54) is 11.3 Å². The van der Waals surface area contributed by atoms with Gasteiger partial charge in [0, 0.05) is 19.7 Å². The number of ether oxygens (including phenoxy) is 3. The van der Waals surface area contributed by atoms with Gasteiger partial charge in [0.25, 0.3) is 11.8 Å². The lowest BCUT2D eigenvalue weighted by molar-refractivity contribution is 0.0858. The third kappa shape index (κ3) is 5.85. The molecule has 0 saturated heterocycles. The SMILES string of the molecule is CCOc1cc(C(=O)Nc2sccc2C(=O)NN(C)C)cc(OCC)c1OCC. The first-order chi connectivity index (χ1) is 13.9. The Balaban J connectivity index is 2.34. The monoisotopic (exact) mass is 421 g/mol. The largest absolute Gasteiger partial charge is 0.490 e. The number of hydrogen-bond donors (Lipinski definition) is 2. The van der Waals surface area contributed by atoms with Crippen LogP contribution in [0.1, 0.15) is 41.5 Å². The highest BCUT2D eigenvalue weighted by Gasteiger charge is 2.21. The zero-order valence-corrected chi connectivity index (χ0v) is 18.1. The van der Waals surface area contributed by atoms with Gasteiger partial charge in [-0.1, -0.05) is 0 Å². The molecule has 0 aliphatic carbocycles. The first kappa shape index (κ1) is 22.5. The van der Waals surface area contributed by atoms with Crippen LogP contribution in [0.4, 0.5) is 5.00 Å². The summed E-state index contributed by atoms with van der Waals surface area (Å²) in [7, 11) is 3.43. The predicted octanol–water partition coefficient (Wildman–Crippen LogP) is 3.40. The third-order valence-corrected chi connectivity index (χ3v) is 4.46. The summed E-state index contributed by atoms with van der Waals surface area (Å²) in [6.45, 7) is 6.83. The van der Waals surface area contributed by atoms with Crippen LogP contribution in [0.25, 0.3) is 0 Å². The number of nitrogens with one attached hydrogen (secondary N) is 2. The lowest BCUT2D eigenvalue weighted by Gasteiger charge is -2.17. The molecular formula is C20H27N3O5S. The van der Waals surface area contributed by atoms with E-state index in [1.54, 1.807) is 42.7 Å². The number of carbonyl (C=O) groups excluding carboxylic acids is 2. The van der Waals surface area contributed by atoms with Crippen molar-refractivity contribution in [3.8, 4) is 17.2 Å². The summed E-state index contributed by atoms with van der Waals surface area (Å²) in [5, 5.41) is 6.55. The minimum atomic E-state index is -0.378. The number of amides is 2. The molecule has 1 aromatic heterocycles. The van der Waals surface area contributed by atoms with Crippen LogP contribution < -0.4 is 25.0 Å². The van der Waals surface area contributed by atoms with Crippen molar-refractivity contribution >= 4 is 28.2 Å². The Labute approximate surface area is 174 Å². The van der Waals surface area contributed by atoms with Crippen molar-refractivity contribution in [3.63, 3.8) is 0 Å². The Kier molecular flexibility index (Phi) is 8.29. The van der Waals surface area contributed by atoms with Crippen LogP contribution in [0.5, 0.6) is 17.2 Å². The van der Waals surface area contributed by atoms with Crippen LogP contribution in [0, 0.1) is 0 Å². The number of carbonyl (C=O) groups is 2. The van der Waals surface area contributed by atoms with E-state index in [-0.39, 0.29) is 11.8 Å². The molecule has 29 heavy (non-hydrogen) atoms. The standard InChI is InChI=1S/C20H27N3O5S/c1-6-26-15-11-13(12-16(27-7-2)17(15)28-8-3)18(24)21-20-14(9-10-29-20)19(25)22-23(4)5/h9-12H,6-8H2,1-5H3,(H,21,24)(H,22,25). The van der Waals surface area contributed by atoms with Crippen LogP contribution in [-0.2, 0) is 0 Å². The molecule has 0 radical (unpaired) electrons. The van der Waals surface area contributed by atoms with Crippen LogP contribution in [0.3, 0.4) is 0 Å². The maximum Gasteiger partial charge on any atom is 0.268 e. The Hall–Kier alpha value is -2.78. The fraction of sp³-hybridized carbons (Fsp3) is 0.400. The number of rotatable bonds is 10. The summed E-state index contributed by atoms with van der Waals surface area (Å²) in [6, 6.07) is 4.88. The van der Waals surface area contributed by atoms with Gasteiger partial charge in [-0.2, -0.15) is 0 Å². The number of thiophene rings is 1. The van der Waals surface area contributed by atoms with Crippen molar-refractivity contribution in [1.82, 2.24) is 10.4 Å². The molecule has 1 heterocycles. The molecule has 0 saturated carbocycles. The second-order valence-corrected chi connectivity index (χ2v) is 6.97. The molecule has 2 amide bonds. The summed E-state index contributed by atoms with van der Waals surface area (Å²) in [5.74, 6) is 0.652. The number of anilines is 1. The smallest absolute Gasteiger partial charge is 0.268 e. The summed E-state index contributed by atoms with van der Waals surface area (Å²) < 4.78 is 17.0. The molecule has 1 aromatic carbocycles. The molecule has 0 unspecified atom stereocenters. The highest BCUT2D eigenvalue weighted by atomic mass is 32.1. The number of hydrogen-bond acceptors (Lipinski definition) is 7. The quantitative estimate of drug-likeness (QED) is 0.572. The van der Waals surface area contributed by atoms with Gasteiger partial charge in [-0.25, -0.2) is 5.01 Å². The normalized spacial score (nSPS) is 10.6. The molecule has 0 aliphatic heterocycles. The molecule has 0 atom stereocenters. The van der Waals surface area contributed by atoms with Crippen molar-refractivity contribution in [1.29, 1.82) is 0 Å². The molecule has 0 aliphatic rings. The summed E-state index contributed by atoms with van der Waals surface area (Å²) in [6.07, 6.45) is 0. The van der Waals surface area contributed by atoms with Crippen LogP contribution in [0.15, 0.2) is 23.6 Å². The van der Waals surface area contributed by atoms with E-state index >= 15 is 0 Å². The zero-order chi connectivity index (χ0) is 21.4. The van der Waals surface area contributed by atoms with Gasteiger partial charge in [-0.05, 0) is 44.4 Å². The first-order valence-corrected chi connectivity index (χ1v) is 10.2. The number of nitrogens with zero attached hydrogens (tertiary/aromatic N) is 1. The zero-order valence-electron chi connectivity index (χ0n) is 17.3. The van der Waals surface area contributed by atoms with Gasteiger partial charge in [0.2, 0.25) is 5.75 Å². The van der Waals surface area contributed by atoms with Gasteiger partial charge in [0.15, 0.2) is 11.5 Å². The Morgan fingerprint density at radius 3 is 2.07 bits per heavy atom. The van der Waals surface area contributed by atoms with E-state index in [0.717, 1.165) is 0 Å². The van der Waals surface area contributed by atoms with Crippen molar-refractivity contribution < 1.29 is 23.8 Å². The minimum absolute atomic E-state index is 0.303. The number of hydrazine groups is 1. The second-order valence-electron chi connectivity index (χ2n) is 6.05. The molecule has 158 valence electrons. The lowest BCUT2D eigenvalue weighted by atomic mass is 10.1. The topological polar surface area (TPSA) is 89.1 Å². The van der Waals surface area contributed by atoms with Crippen molar-refractivity contribution in [2.24, 2.45) is 0 Å². The fourth-order valence-electron chi connectivity index (χ4n) is 2.54. The molecule has 8 nitrogen and oxygen atoms in total. The molecule has 0 fully saturated rings. The van der Waals surface area contributed by atoms with Gasteiger partial charge < -0.3 is 19.5 Å². The van der Waals surface area contributed by atoms with Crippen molar-refractivity contribution in [3.05, 3.63) is 34.7 Å². The van der Waals surface area contributed by atoms with Crippen LogP contribution in [0.2, 0.25) is 0 Å². The van der Waals surface area contributed by atoms with Crippen LogP contribution >= 0.6 is 11.3 Å². The molecule has 2 rings (SSSR count). The molecule has 0 bridgehead atoms. The van der Waals surface area contributed by atoms with E-state index in [0.29, 0.717) is 53.2 Å². The Morgan fingerprint density at radius 1 is 0.966 bits per heavy atom. The van der Waals surface area contributed by atoms with Gasteiger partial charge in [-0.3, -0.25) is 15.0 Å². The second kappa shape index (κ2) is 10.7. The summed E-state index contributed by atoms with van der Waals surface area (Å²) in [4.78, 5) is 25.2. The van der Waals surface area contributed by atoms with Gasteiger partial charge in [0.1, 0.15) is 5.00 Å². The fourth-order valence-corrected chi connectivity index (χ4v) is 3.32. The first-order valence-electron chi connectivity index (χ1n) is 9.34. The van der Waals surface area contributed by atoms with Crippen LogP contribution in [-0.4, -0.2) is 50.7 Å². The van der Waals surface area contributed by atoms with Crippen molar-refractivity contribution in [2.75, 3.05) is 39.2 Å². The van der Waals surface area contributed by atoms with Gasteiger partial charge >= 0.3 is 0 Å². The third-order valence-electron chi connectivity index (χ3n) is 3.63. The maximum absolute atomic E-state index is 12.9. The van der Waals surface area contributed by atoms with E-state index in [4.69, 9.17) is 14.2 Å². The molecule has 2 N–H and O–H groups in total. The maximum atomic E-state index is 12.9. The van der Waals surface area contributed by atoms with E-state index < -0.39 is 0 Å². The Morgan fingerprint density at radius 2 is 1.55 bits per heavy atom. The summed E-state index contributed by atoms with van der Waals surface area (Å²) in [5.41, 5.74) is 3.39. The number of benzene rings is 1. The minimum Gasteiger partial charge on any atom is -0.490 e. The molecular weight excluding hydrogens is 394 g/mol. The van der Waals surface area contributed by atoms with E-state index in [1.807, 2.05) is 20.8 Å². The van der Waals surface area contributed by atoms with E-state index in [2.05, 4.69) is 10.7 Å². The predicted molar refractivity (Wildman–Crippen MR) is 113 cm³/mol.